The van der Waals surface area contributed by atoms with E-state index in [2.05, 4.69) is 25.9 Å². The first-order valence-electron chi connectivity index (χ1n) is 9.74. The zero-order valence-electron chi connectivity index (χ0n) is 15.8. The quantitative estimate of drug-likeness (QED) is 0.457. The Morgan fingerprint density at radius 1 is 1.00 bits per heavy atom. The molecule has 0 bridgehead atoms. The second kappa shape index (κ2) is 7.08. The van der Waals surface area contributed by atoms with Crippen molar-refractivity contribution < 1.29 is 4.42 Å². The summed E-state index contributed by atoms with van der Waals surface area (Å²) in [6.07, 6.45) is 13.6. The number of halogens is 1. The zero-order chi connectivity index (χ0) is 20.0. The first kappa shape index (κ1) is 18.0. The standard InChI is InChI=1S/C21H21ClN6O/c22-20-17(23)6-12(8-25-20)18-7-15-16(10-26-21(24)19(15)29-18)13-9-27-28(11-13)14-4-2-1-3-5-14/h6-11,14H,1-5,23H2,(H2,24,26). The van der Waals surface area contributed by atoms with Gasteiger partial charge in [0.05, 0.1) is 17.9 Å². The largest absolute Gasteiger partial charge is 0.452 e. The minimum atomic E-state index is 0.266. The number of nitrogen functional groups attached to an aromatic ring is 2. The molecule has 0 unspecified atom stereocenters. The van der Waals surface area contributed by atoms with Gasteiger partial charge in [-0.05, 0) is 25.0 Å². The number of pyridine rings is 2. The monoisotopic (exact) mass is 408 g/mol. The summed E-state index contributed by atoms with van der Waals surface area (Å²) in [7, 11) is 0. The van der Waals surface area contributed by atoms with Gasteiger partial charge in [0.1, 0.15) is 5.76 Å². The number of furan rings is 1. The van der Waals surface area contributed by atoms with Gasteiger partial charge in [0.25, 0.3) is 0 Å². The van der Waals surface area contributed by atoms with Crippen molar-refractivity contribution in [2.24, 2.45) is 0 Å². The van der Waals surface area contributed by atoms with Crippen LogP contribution in [0, 0.1) is 0 Å². The van der Waals surface area contributed by atoms with Gasteiger partial charge in [0.15, 0.2) is 16.6 Å². The van der Waals surface area contributed by atoms with Crippen LogP contribution in [0.15, 0.2) is 41.3 Å². The Morgan fingerprint density at radius 2 is 1.83 bits per heavy atom. The fourth-order valence-corrected chi connectivity index (χ4v) is 4.14. The van der Waals surface area contributed by atoms with Crippen molar-refractivity contribution in [3.8, 4) is 22.5 Å². The van der Waals surface area contributed by atoms with Gasteiger partial charge < -0.3 is 15.9 Å². The highest BCUT2D eigenvalue weighted by atomic mass is 35.5. The average Bonchev–Trinajstić information content (AvgIpc) is 3.39. The highest BCUT2D eigenvalue weighted by Crippen LogP contribution is 2.37. The molecule has 7 nitrogen and oxygen atoms in total. The molecule has 4 heterocycles. The minimum absolute atomic E-state index is 0.266. The maximum atomic E-state index is 6.08. The van der Waals surface area contributed by atoms with E-state index in [1.165, 1.54) is 32.1 Å². The van der Waals surface area contributed by atoms with Crippen LogP contribution in [-0.2, 0) is 0 Å². The van der Waals surface area contributed by atoms with E-state index in [0.29, 0.717) is 28.9 Å². The van der Waals surface area contributed by atoms with Crippen LogP contribution in [0.4, 0.5) is 11.5 Å². The minimum Gasteiger partial charge on any atom is -0.452 e. The van der Waals surface area contributed by atoms with Crippen molar-refractivity contribution >= 4 is 34.1 Å². The third-order valence-electron chi connectivity index (χ3n) is 5.60. The summed E-state index contributed by atoms with van der Waals surface area (Å²) in [6, 6.07) is 4.14. The Bertz CT molecular complexity index is 1190. The van der Waals surface area contributed by atoms with Gasteiger partial charge in [0, 0.05) is 40.7 Å². The Balaban J connectivity index is 1.58. The fourth-order valence-electron chi connectivity index (χ4n) is 4.04. The van der Waals surface area contributed by atoms with Crippen LogP contribution in [0.3, 0.4) is 0 Å². The first-order chi connectivity index (χ1) is 14.1. The molecule has 0 atom stereocenters. The van der Waals surface area contributed by atoms with Crippen molar-refractivity contribution in [2.45, 2.75) is 38.1 Å². The van der Waals surface area contributed by atoms with E-state index < -0.39 is 0 Å². The molecule has 29 heavy (non-hydrogen) atoms. The summed E-state index contributed by atoms with van der Waals surface area (Å²) in [5.41, 5.74) is 15.6. The molecule has 8 heteroatoms. The number of hydrogen-bond donors (Lipinski definition) is 2. The lowest BCUT2D eigenvalue weighted by molar-refractivity contribution is 0.329. The molecule has 0 spiro atoms. The van der Waals surface area contributed by atoms with Gasteiger partial charge in [-0.1, -0.05) is 30.9 Å². The number of nitrogens with two attached hydrogens (primary N) is 2. The molecule has 0 amide bonds. The predicted molar refractivity (Wildman–Crippen MR) is 114 cm³/mol. The number of hydrogen-bond acceptors (Lipinski definition) is 6. The summed E-state index contributed by atoms with van der Waals surface area (Å²) in [4.78, 5) is 8.43. The highest BCUT2D eigenvalue weighted by molar-refractivity contribution is 6.31. The van der Waals surface area contributed by atoms with Crippen LogP contribution in [0.25, 0.3) is 33.4 Å². The molecule has 1 saturated carbocycles. The van der Waals surface area contributed by atoms with Gasteiger partial charge in [-0.2, -0.15) is 5.10 Å². The third kappa shape index (κ3) is 3.21. The molecule has 0 aliphatic heterocycles. The van der Waals surface area contributed by atoms with E-state index in [0.717, 1.165) is 22.1 Å². The van der Waals surface area contributed by atoms with Crippen molar-refractivity contribution in [1.29, 1.82) is 0 Å². The van der Waals surface area contributed by atoms with Crippen molar-refractivity contribution in [3.05, 3.63) is 42.1 Å². The van der Waals surface area contributed by atoms with E-state index in [1.807, 2.05) is 12.3 Å². The molecule has 5 rings (SSSR count). The number of anilines is 2. The lowest BCUT2D eigenvalue weighted by atomic mass is 9.96. The maximum Gasteiger partial charge on any atom is 0.177 e. The topological polar surface area (TPSA) is 109 Å². The molecule has 4 N–H and O–H groups in total. The Kier molecular flexibility index (Phi) is 4.39. The maximum absolute atomic E-state index is 6.08. The average molecular weight is 409 g/mol. The molecule has 4 aromatic heterocycles. The van der Waals surface area contributed by atoms with Crippen LogP contribution in [0.1, 0.15) is 38.1 Å². The van der Waals surface area contributed by atoms with E-state index in [1.54, 1.807) is 18.5 Å². The Hall–Kier alpha value is -3.06. The molecule has 4 aromatic rings. The number of fused-ring (bicyclic) bond motifs is 1. The lowest BCUT2D eigenvalue weighted by Gasteiger charge is -2.21. The summed E-state index contributed by atoms with van der Waals surface area (Å²) >= 11 is 5.94. The molecular formula is C21H21ClN6O. The van der Waals surface area contributed by atoms with Gasteiger partial charge in [-0.15, -0.1) is 0 Å². The molecule has 1 aliphatic rings. The highest BCUT2D eigenvalue weighted by Gasteiger charge is 2.19. The number of aromatic nitrogens is 4. The molecule has 148 valence electrons. The molecule has 1 aliphatic carbocycles. The number of nitrogens with zero attached hydrogens (tertiary/aromatic N) is 4. The van der Waals surface area contributed by atoms with E-state index in [9.17, 15) is 0 Å². The lowest BCUT2D eigenvalue weighted by Crippen LogP contribution is -2.12. The SMILES string of the molecule is Nc1cc(-c2cc3c(-c4cnn(C5CCCCC5)c4)cnc(N)c3o2)cnc1Cl. The normalized spacial score (nSPS) is 15.2. The molecular weight excluding hydrogens is 388 g/mol. The van der Waals surface area contributed by atoms with Crippen LogP contribution in [0.2, 0.25) is 5.15 Å². The fraction of sp³-hybridized carbons (Fsp3) is 0.286. The van der Waals surface area contributed by atoms with E-state index in [-0.39, 0.29) is 5.15 Å². The third-order valence-corrected chi connectivity index (χ3v) is 5.92. The Labute approximate surface area is 172 Å². The Morgan fingerprint density at radius 3 is 2.62 bits per heavy atom. The van der Waals surface area contributed by atoms with Crippen LogP contribution in [0.5, 0.6) is 0 Å². The summed E-state index contributed by atoms with van der Waals surface area (Å²) in [5, 5.41) is 5.76. The summed E-state index contributed by atoms with van der Waals surface area (Å²) < 4.78 is 8.10. The number of rotatable bonds is 3. The van der Waals surface area contributed by atoms with Gasteiger partial charge >= 0.3 is 0 Å². The molecule has 1 fully saturated rings. The molecule has 0 saturated heterocycles. The van der Waals surface area contributed by atoms with Crippen molar-refractivity contribution in [1.82, 2.24) is 19.7 Å². The van der Waals surface area contributed by atoms with Crippen LogP contribution < -0.4 is 11.5 Å². The van der Waals surface area contributed by atoms with Gasteiger partial charge in [0.2, 0.25) is 0 Å². The van der Waals surface area contributed by atoms with E-state index in [4.69, 9.17) is 27.5 Å². The zero-order valence-corrected chi connectivity index (χ0v) is 16.6. The second-order valence-corrected chi connectivity index (χ2v) is 7.87. The predicted octanol–water partition coefficient (Wildman–Crippen LogP) is 5.08. The second-order valence-electron chi connectivity index (χ2n) is 7.52. The van der Waals surface area contributed by atoms with Gasteiger partial charge in [-0.3, -0.25) is 4.68 Å². The summed E-state index contributed by atoms with van der Waals surface area (Å²) in [6.45, 7) is 0. The summed E-state index contributed by atoms with van der Waals surface area (Å²) in [5.74, 6) is 0.945. The molecule has 0 radical (unpaired) electrons. The van der Waals surface area contributed by atoms with Crippen LogP contribution >= 0.6 is 11.6 Å². The van der Waals surface area contributed by atoms with E-state index >= 15 is 0 Å². The first-order valence-corrected chi connectivity index (χ1v) is 10.1. The smallest absolute Gasteiger partial charge is 0.177 e. The molecule has 0 aromatic carbocycles. The van der Waals surface area contributed by atoms with Crippen LogP contribution in [-0.4, -0.2) is 19.7 Å². The van der Waals surface area contributed by atoms with Crippen molar-refractivity contribution in [2.75, 3.05) is 11.5 Å². The van der Waals surface area contributed by atoms with Gasteiger partial charge in [-0.25, -0.2) is 9.97 Å². The van der Waals surface area contributed by atoms with Crippen molar-refractivity contribution in [3.63, 3.8) is 0 Å².